The highest BCUT2D eigenvalue weighted by Crippen LogP contribution is 2.27. The number of carbonyl (C=O) groups excluding carboxylic acids is 1. The van der Waals surface area contributed by atoms with E-state index in [-0.39, 0.29) is 17.2 Å². The fraction of sp³-hybridized carbons (Fsp3) is 0. The smallest absolute Gasteiger partial charge is 0.275 e. The number of amides is 1. The van der Waals surface area contributed by atoms with Crippen LogP contribution in [0.4, 0.5) is 17.2 Å². The van der Waals surface area contributed by atoms with Gasteiger partial charge in [-0.25, -0.2) is 4.98 Å². The summed E-state index contributed by atoms with van der Waals surface area (Å²) in [4.78, 5) is 29.6. The van der Waals surface area contributed by atoms with Crippen molar-refractivity contribution in [2.45, 2.75) is 0 Å². The molecule has 0 unspecified atom stereocenters. The van der Waals surface area contributed by atoms with Crippen molar-refractivity contribution in [1.82, 2.24) is 9.97 Å². The maximum Gasteiger partial charge on any atom is 0.275 e. The van der Waals surface area contributed by atoms with Gasteiger partial charge >= 0.3 is 0 Å². The first-order valence-corrected chi connectivity index (χ1v) is 6.09. The van der Waals surface area contributed by atoms with Crippen molar-refractivity contribution in [3.05, 3.63) is 50.9 Å². The summed E-state index contributed by atoms with van der Waals surface area (Å²) in [6.45, 7) is 0. The highest BCUT2D eigenvalue weighted by Gasteiger charge is 2.13. The lowest BCUT2D eigenvalue weighted by atomic mass is 10.2. The number of nitrogens with zero attached hydrogens (tertiary/aromatic N) is 3. The first-order chi connectivity index (χ1) is 9.47. The van der Waals surface area contributed by atoms with Crippen molar-refractivity contribution in [3.8, 4) is 0 Å². The molecule has 20 heavy (non-hydrogen) atoms. The number of nitrogen functional groups attached to an aromatic ring is 1. The Bertz CT molecular complexity index is 692. The third kappa shape index (κ3) is 3.06. The Morgan fingerprint density at radius 1 is 1.40 bits per heavy atom. The predicted molar refractivity (Wildman–Crippen MR) is 75.2 cm³/mol. The number of hydrogen-bond acceptors (Lipinski definition) is 6. The summed E-state index contributed by atoms with van der Waals surface area (Å²) < 4.78 is 0.386. The standard InChI is InChI=1S/C11H8BrN5O3/c12-7-3-6(17(19)20)1-2-8(7)16-11(18)9-4-14-5-10(13)15-9/h1-5H,(H2,13,15)(H,16,18). The largest absolute Gasteiger partial charge is 0.382 e. The lowest BCUT2D eigenvalue weighted by Crippen LogP contribution is -2.15. The van der Waals surface area contributed by atoms with Gasteiger partial charge in [-0.3, -0.25) is 19.9 Å². The van der Waals surface area contributed by atoms with Crippen LogP contribution in [0, 0.1) is 10.1 Å². The number of anilines is 2. The van der Waals surface area contributed by atoms with Crippen LogP contribution in [-0.2, 0) is 0 Å². The Morgan fingerprint density at radius 3 is 2.75 bits per heavy atom. The number of non-ortho nitro benzene ring substituents is 1. The Balaban J connectivity index is 2.22. The van der Waals surface area contributed by atoms with E-state index < -0.39 is 10.8 Å². The minimum atomic E-state index is -0.528. The SMILES string of the molecule is Nc1cncc(C(=O)Nc2ccc([N+](=O)[O-])cc2Br)n1. The summed E-state index contributed by atoms with van der Waals surface area (Å²) in [5.41, 5.74) is 5.78. The Hall–Kier alpha value is -2.55. The number of nitrogens with two attached hydrogens (primary N) is 1. The van der Waals surface area contributed by atoms with Crippen LogP contribution in [0.15, 0.2) is 35.1 Å². The maximum atomic E-state index is 11.9. The summed E-state index contributed by atoms with van der Waals surface area (Å²) >= 11 is 3.15. The Morgan fingerprint density at radius 2 is 2.15 bits per heavy atom. The molecular formula is C11H8BrN5O3. The van der Waals surface area contributed by atoms with Gasteiger partial charge in [-0.05, 0) is 22.0 Å². The molecule has 0 radical (unpaired) electrons. The van der Waals surface area contributed by atoms with Crippen molar-refractivity contribution < 1.29 is 9.72 Å². The second kappa shape index (κ2) is 5.61. The van der Waals surface area contributed by atoms with Crippen LogP contribution >= 0.6 is 15.9 Å². The molecule has 0 aliphatic carbocycles. The van der Waals surface area contributed by atoms with Gasteiger partial charge in [0.25, 0.3) is 11.6 Å². The first kappa shape index (κ1) is 13.9. The van der Waals surface area contributed by atoms with Gasteiger partial charge in [0.2, 0.25) is 0 Å². The fourth-order valence-corrected chi connectivity index (χ4v) is 1.86. The summed E-state index contributed by atoms with van der Waals surface area (Å²) in [5.74, 6) is -0.389. The number of hydrogen-bond donors (Lipinski definition) is 2. The molecule has 2 rings (SSSR count). The molecule has 0 saturated carbocycles. The van der Waals surface area contributed by atoms with Crippen molar-refractivity contribution in [3.63, 3.8) is 0 Å². The zero-order valence-corrected chi connectivity index (χ0v) is 11.5. The molecule has 1 aromatic heterocycles. The average molecular weight is 338 g/mol. The van der Waals surface area contributed by atoms with Crippen molar-refractivity contribution in [2.24, 2.45) is 0 Å². The minimum absolute atomic E-state index is 0.0512. The van der Waals surface area contributed by atoms with Gasteiger partial charge in [0.15, 0.2) is 0 Å². The summed E-state index contributed by atoms with van der Waals surface area (Å²) in [7, 11) is 0. The number of carbonyl (C=O) groups is 1. The normalized spacial score (nSPS) is 10.1. The number of rotatable bonds is 3. The van der Waals surface area contributed by atoms with E-state index in [1.807, 2.05) is 0 Å². The number of nitro groups is 1. The highest BCUT2D eigenvalue weighted by molar-refractivity contribution is 9.10. The lowest BCUT2D eigenvalue weighted by molar-refractivity contribution is -0.384. The third-order valence-corrected chi connectivity index (χ3v) is 2.95. The molecule has 0 atom stereocenters. The summed E-state index contributed by atoms with van der Waals surface area (Å²) in [6.07, 6.45) is 2.59. The second-order valence-electron chi connectivity index (χ2n) is 3.70. The van der Waals surface area contributed by atoms with Crippen molar-refractivity contribution in [1.29, 1.82) is 0 Å². The van der Waals surface area contributed by atoms with E-state index in [4.69, 9.17) is 5.73 Å². The molecule has 9 heteroatoms. The molecule has 0 bridgehead atoms. The van der Waals surface area contributed by atoms with E-state index in [2.05, 4.69) is 31.2 Å². The monoisotopic (exact) mass is 337 g/mol. The van der Waals surface area contributed by atoms with Gasteiger partial charge < -0.3 is 11.1 Å². The van der Waals surface area contributed by atoms with Crippen LogP contribution in [0.2, 0.25) is 0 Å². The fourth-order valence-electron chi connectivity index (χ4n) is 1.40. The minimum Gasteiger partial charge on any atom is -0.382 e. The highest BCUT2D eigenvalue weighted by atomic mass is 79.9. The van der Waals surface area contributed by atoms with E-state index in [9.17, 15) is 14.9 Å². The van der Waals surface area contributed by atoms with Crippen molar-refractivity contribution in [2.75, 3.05) is 11.1 Å². The van der Waals surface area contributed by atoms with Gasteiger partial charge in [0.1, 0.15) is 11.5 Å². The zero-order chi connectivity index (χ0) is 14.7. The van der Waals surface area contributed by atoms with Gasteiger partial charge in [-0.2, -0.15) is 0 Å². The number of nitro benzene ring substituents is 1. The molecule has 0 aliphatic heterocycles. The molecule has 102 valence electrons. The second-order valence-corrected chi connectivity index (χ2v) is 4.56. The number of halogens is 1. The molecule has 0 saturated heterocycles. The van der Waals surface area contributed by atoms with Crippen LogP contribution in [0.25, 0.3) is 0 Å². The number of nitrogens with one attached hydrogen (secondary N) is 1. The van der Waals surface area contributed by atoms with Crippen LogP contribution in [0.5, 0.6) is 0 Å². The van der Waals surface area contributed by atoms with E-state index in [1.165, 1.54) is 30.6 Å². The van der Waals surface area contributed by atoms with E-state index in [0.29, 0.717) is 10.2 Å². The van der Waals surface area contributed by atoms with Crippen LogP contribution in [-0.4, -0.2) is 20.8 Å². The van der Waals surface area contributed by atoms with Crippen LogP contribution in [0.3, 0.4) is 0 Å². The van der Waals surface area contributed by atoms with Crippen molar-refractivity contribution >= 4 is 39.0 Å². The number of aromatic nitrogens is 2. The topological polar surface area (TPSA) is 124 Å². The van der Waals surface area contributed by atoms with E-state index >= 15 is 0 Å². The molecule has 0 spiro atoms. The van der Waals surface area contributed by atoms with Crippen LogP contribution in [0.1, 0.15) is 10.5 Å². The molecule has 8 nitrogen and oxygen atoms in total. The Labute approximate surface area is 121 Å². The molecule has 1 heterocycles. The predicted octanol–water partition coefficient (Wildman–Crippen LogP) is 1.98. The van der Waals surface area contributed by atoms with E-state index in [0.717, 1.165) is 0 Å². The van der Waals surface area contributed by atoms with Gasteiger partial charge in [-0.1, -0.05) is 0 Å². The lowest BCUT2D eigenvalue weighted by Gasteiger charge is -2.06. The summed E-state index contributed by atoms with van der Waals surface area (Å²) in [6, 6.07) is 3.99. The third-order valence-electron chi connectivity index (χ3n) is 2.30. The average Bonchev–Trinajstić information content (AvgIpc) is 2.40. The Kier molecular flexibility index (Phi) is 3.89. The van der Waals surface area contributed by atoms with Gasteiger partial charge in [0, 0.05) is 16.6 Å². The quantitative estimate of drug-likeness (QED) is 0.651. The molecule has 1 aromatic carbocycles. The maximum absolute atomic E-state index is 11.9. The molecule has 0 fully saturated rings. The molecule has 1 amide bonds. The first-order valence-electron chi connectivity index (χ1n) is 5.30. The molecule has 2 aromatic rings. The molecule has 3 N–H and O–H groups in total. The van der Waals surface area contributed by atoms with Gasteiger partial charge in [0.05, 0.1) is 23.0 Å². The zero-order valence-electron chi connectivity index (χ0n) is 9.91. The van der Waals surface area contributed by atoms with E-state index in [1.54, 1.807) is 0 Å². The number of benzene rings is 1. The van der Waals surface area contributed by atoms with Gasteiger partial charge in [-0.15, -0.1) is 0 Å². The van der Waals surface area contributed by atoms with Crippen LogP contribution < -0.4 is 11.1 Å². The molecular weight excluding hydrogens is 330 g/mol. The molecule has 0 aliphatic rings. The summed E-state index contributed by atoms with van der Waals surface area (Å²) in [5, 5.41) is 13.2.